The van der Waals surface area contributed by atoms with Crippen LogP contribution in [0, 0.1) is 5.82 Å². The summed E-state index contributed by atoms with van der Waals surface area (Å²) >= 11 is 11.7. The summed E-state index contributed by atoms with van der Waals surface area (Å²) in [5, 5.41) is 0.0572. The standard InChI is InChI=1S/C14H10Cl2FNO2/c15-12-8(3-1-5-10(12)17)7-20-14(19)9-4-2-6-11(18)13(9)16/h1-6H,7,18H2. The van der Waals surface area contributed by atoms with Crippen molar-refractivity contribution in [1.29, 1.82) is 0 Å². The van der Waals surface area contributed by atoms with E-state index < -0.39 is 11.8 Å². The molecule has 0 atom stereocenters. The Bertz CT molecular complexity index is 662. The highest BCUT2D eigenvalue weighted by Gasteiger charge is 2.15. The lowest BCUT2D eigenvalue weighted by Gasteiger charge is -2.09. The summed E-state index contributed by atoms with van der Waals surface area (Å²) < 4.78 is 18.3. The maximum atomic E-state index is 13.2. The fourth-order valence-corrected chi connectivity index (χ4v) is 1.97. The van der Waals surface area contributed by atoms with Crippen molar-refractivity contribution in [3.05, 3.63) is 63.4 Å². The number of nitrogen functional groups attached to an aromatic ring is 1. The van der Waals surface area contributed by atoms with E-state index in [1.54, 1.807) is 18.2 Å². The zero-order chi connectivity index (χ0) is 14.7. The van der Waals surface area contributed by atoms with E-state index in [4.69, 9.17) is 33.7 Å². The molecule has 0 amide bonds. The summed E-state index contributed by atoms with van der Waals surface area (Å²) in [5.41, 5.74) is 6.41. The van der Waals surface area contributed by atoms with Gasteiger partial charge in [0.15, 0.2) is 0 Å². The van der Waals surface area contributed by atoms with E-state index in [1.165, 1.54) is 18.2 Å². The first kappa shape index (κ1) is 14.6. The second kappa shape index (κ2) is 6.11. The Labute approximate surface area is 125 Å². The molecule has 2 aromatic rings. The van der Waals surface area contributed by atoms with Crippen LogP contribution >= 0.6 is 23.2 Å². The number of esters is 1. The molecule has 0 radical (unpaired) electrons. The number of rotatable bonds is 3. The van der Waals surface area contributed by atoms with Crippen LogP contribution in [0.15, 0.2) is 36.4 Å². The third-order valence-electron chi connectivity index (χ3n) is 2.64. The lowest BCUT2D eigenvalue weighted by Crippen LogP contribution is -2.07. The summed E-state index contributed by atoms with van der Waals surface area (Å²) in [6, 6.07) is 8.93. The molecule has 0 aliphatic rings. The normalized spacial score (nSPS) is 10.3. The van der Waals surface area contributed by atoms with Crippen molar-refractivity contribution in [2.75, 3.05) is 5.73 Å². The maximum absolute atomic E-state index is 13.2. The predicted molar refractivity (Wildman–Crippen MR) is 76.4 cm³/mol. The molecule has 20 heavy (non-hydrogen) atoms. The molecular weight excluding hydrogens is 304 g/mol. The van der Waals surface area contributed by atoms with Crippen LogP contribution < -0.4 is 5.73 Å². The molecule has 0 bridgehead atoms. The third-order valence-corrected chi connectivity index (χ3v) is 3.48. The van der Waals surface area contributed by atoms with Gasteiger partial charge in [-0.1, -0.05) is 41.4 Å². The van der Waals surface area contributed by atoms with Gasteiger partial charge in [-0.25, -0.2) is 9.18 Å². The Kier molecular flexibility index (Phi) is 4.47. The highest BCUT2D eigenvalue weighted by Crippen LogP contribution is 2.25. The Morgan fingerprint density at radius 3 is 2.60 bits per heavy atom. The minimum absolute atomic E-state index is 0.0704. The van der Waals surface area contributed by atoms with Crippen LogP contribution in [0.1, 0.15) is 15.9 Å². The first-order valence-corrected chi connectivity index (χ1v) is 6.40. The number of benzene rings is 2. The largest absolute Gasteiger partial charge is 0.457 e. The van der Waals surface area contributed by atoms with Gasteiger partial charge < -0.3 is 10.5 Å². The number of hydrogen-bond acceptors (Lipinski definition) is 3. The number of anilines is 1. The van der Waals surface area contributed by atoms with Crippen LogP contribution in [-0.4, -0.2) is 5.97 Å². The van der Waals surface area contributed by atoms with Crippen molar-refractivity contribution < 1.29 is 13.9 Å². The smallest absolute Gasteiger partial charge is 0.340 e. The van der Waals surface area contributed by atoms with Gasteiger partial charge in [0, 0.05) is 5.56 Å². The Balaban J connectivity index is 2.13. The van der Waals surface area contributed by atoms with Crippen molar-refractivity contribution in [3.8, 4) is 0 Å². The van der Waals surface area contributed by atoms with Crippen molar-refractivity contribution in [2.24, 2.45) is 0 Å². The fraction of sp³-hybridized carbons (Fsp3) is 0.0714. The predicted octanol–water partition coefficient (Wildman–Crippen LogP) is 4.07. The van der Waals surface area contributed by atoms with Crippen molar-refractivity contribution in [3.63, 3.8) is 0 Å². The van der Waals surface area contributed by atoms with Gasteiger partial charge in [-0.3, -0.25) is 0 Å². The Hall–Kier alpha value is -1.78. The number of halogens is 3. The number of carbonyl (C=O) groups excluding carboxylic acids is 1. The summed E-state index contributed by atoms with van der Waals surface area (Å²) in [6.07, 6.45) is 0. The van der Waals surface area contributed by atoms with Crippen LogP contribution in [0.4, 0.5) is 10.1 Å². The molecule has 0 saturated carbocycles. The molecule has 0 aliphatic carbocycles. The molecule has 0 saturated heterocycles. The lowest BCUT2D eigenvalue weighted by molar-refractivity contribution is 0.0472. The van der Waals surface area contributed by atoms with E-state index >= 15 is 0 Å². The molecular formula is C14H10Cl2FNO2. The van der Waals surface area contributed by atoms with Gasteiger partial charge in [-0.05, 0) is 18.2 Å². The number of nitrogens with two attached hydrogens (primary N) is 1. The van der Waals surface area contributed by atoms with E-state index in [9.17, 15) is 9.18 Å². The Morgan fingerprint density at radius 1 is 1.15 bits per heavy atom. The van der Waals surface area contributed by atoms with Gasteiger partial charge in [0.2, 0.25) is 0 Å². The summed E-state index contributed by atoms with van der Waals surface area (Å²) in [4.78, 5) is 11.9. The molecule has 104 valence electrons. The average molecular weight is 314 g/mol. The molecule has 2 aromatic carbocycles. The highest BCUT2D eigenvalue weighted by molar-refractivity contribution is 6.36. The van der Waals surface area contributed by atoms with Crippen LogP contribution in [0.2, 0.25) is 10.0 Å². The summed E-state index contributed by atoms with van der Waals surface area (Å²) in [7, 11) is 0. The zero-order valence-electron chi connectivity index (χ0n) is 10.2. The summed E-state index contributed by atoms with van der Waals surface area (Å²) in [5.74, 6) is -1.22. The highest BCUT2D eigenvalue weighted by atomic mass is 35.5. The molecule has 2 rings (SSSR count). The van der Waals surface area contributed by atoms with Gasteiger partial charge in [0.1, 0.15) is 12.4 Å². The third kappa shape index (κ3) is 3.03. The van der Waals surface area contributed by atoms with Crippen LogP contribution in [0.5, 0.6) is 0 Å². The first-order valence-electron chi connectivity index (χ1n) is 5.64. The van der Waals surface area contributed by atoms with E-state index in [0.717, 1.165) is 0 Å². The van der Waals surface area contributed by atoms with Gasteiger partial charge in [-0.15, -0.1) is 0 Å². The van der Waals surface area contributed by atoms with Crippen molar-refractivity contribution >= 4 is 34.9 Å². The minimum atomic E-state index is -0.650. The van der Waals surface area contributed by atoms with Crippen LogP contribution in [0.25, 0.3) is 0 Å². The molecule has 0 fully saturated rings. The van der Waals surface area contributed by atoms with E-state index in [2.05, 4.69) is 0 Å². The van der Waals surface area contributed by atoms with Gasteiger partial charge in [0.05, 0.1) is 21.3 Å². The lowest BCUT2D eigenvalue weighted by atomic mass is 10.2. The minimum Gasteiger partial charge on any atom is -0.457 e. The van der Waals surface area contributed by atoms with Crippen molar-refractivity contribution in [2.45, 2.75) is 6.61 Å². The quantitative estimate of drug-likeness (QED) is 0.686. The van der Waals surface area contributed by atoms with E-state index in [1.807, 2.05) is 0 Å². The van der Waals surface area contributed by atoms with E-state index in [-0.39, 0.29) is 27.9 Å². The second-order valence-electron chi connectivity index (χ2n) is 4.00. The summed E-state index contributed by atoms with van der Waals surface area (Å²) in [6.45, 7) is -0.152. The van der Waals surface area contributed by atoms with Gasteiger partial charge in [0.25, 0.3) is 0 Å². The van der Waals surface area contributed by atoms with Crippen LogP contribution in [-0.2, 0) is 11.3 Å². The molecule has 0 unspecified atom stereocenters. The molecule has 0 heterocycles. The molecule has 0 aromatic heterocycles. The zero-order valence-corrected chi connectivity index (χ0v) is 11.7. The number of ether oxygens (including phenoxy) is 1. The number of hydrogen-bond donors (Lipinski definition) is 1. The average Bonchev–Trinajstić information content (AvgIpc) is 2.43. The molecule has 3 nitrogen and oxygen atoms in total. The van der Waals surface area contributed by atoms with Crippen molar-refractivity contribution in [1.82, 2.24) is 0 Å². The van der Waals surface area contributed by atoms with Gasteiger partial charge >= 0.3 is 5.97 Å². The molecule has 0 aliphatic heterocycles. The van der Waals surface area contributed by atoms with Gasteiger partial charge in [-0.2, -0.15) is 0 Å². The second-order valence-corrected chi connectivity index (χ2v) is 4.75. The SMILES string of the molecule is Nc1cccc(C(=O)OCc2cccc(F)c2Cl)c1Cl. The number of carbonyl (C=O) groups is 1. The van der Waals surface area contributed by atoms with Crippen LogP contribution in [0.3, 0.4) is 0 Å². The molecule has 6 heteroatoms. The molecule has 2 N–H and O–H groups in total. The molecule has 0 spiro atoms. The monoisotopic (exact) mass is 313 g/mol. The van der Waals surface area contributed by atoms with E-state index in [0.29, 0.717) is 5.56 Å². The fourth-order valence-electron chi connectivity index (χ4n) is 1.59. The maximum Gasteiger partial charge on any atom is 0.340 e. The Morgan fingerprint density at radius 2 is 1.85 bits per heavy atom. The first-order chi connectivity index (χ1) is 9.50. The topological polar surface area (TPSA) is 52.3 Å².